The summed E-state index contributed by atoms with van der Waals surface area (Å²) in [4.78, 5) is 0. The molecule has 0 radical (unpaired) electrons. The summed E-state index contributed by atoms with van der Waals surface area (Å²) >= 11 is 1.73. The van der Waals surface area contributed by atoms with Crippen molar-refractivity contribution in [2.45, 2.75) is 33.8 Å². The number of fused-ring (bicyclic) bond motifs is 1. The Morgan fingerprint density at radius 2 is 1.78 bits per heavy atom. The van der Waals surface area contributed by atoms with E-state index in [2.05, 4.69) is 57.3 Å². The number of thiophene rings is 1. The van der Waals surface area contributed by atoms with E-state index in [9.17, 15) is 5.11 Å². The van der Waals surface area contributed by atoms with Crippen molar-refractivity contribution >= 4 is 21.4 Å². The standard InChI is InChI=1S/C16H20OS/c1-15(2)14(16(15,3)4)12(17)11-7-5-6-10-8-9-18-13(10)11/h5-9,12,14,17H,1-4H3. The lowest BCUT2D eigenvalue weighted by Gasteiger charge is -2.14. The van der Waals surface area contributed by atoms with Gasteiger partial charge in [-0.3, -0.25) is 0 Å². The predicted octanol–water partition coefficient (Wildman–Crippen LogP) is 4.62. The molecule has 1 heterocycles. The van der Waals surface area contributed by atoms with E-state index in [0.717, 1.165) is 5.56 Å². The summed E-state index contributed by atoms with van der Waals surface area (Å²) in [5.41, 5.74) is 1.53. The number of hydrogen-bond acceptors (Lipinski definition) is 2. The molecule has 1 saturated carbocycles. The minimum absolute atomic E-state index is 0.214. The van der Waals surface area contributed by atoms with Crippen molar-refractivity contribution in [2.75, 3.05) is 0 Å². The van der Waals surface area contributed by atoms with Gasteiger partial charge in [-0.05, 0) is 33.2 Å². The van der Waals surface area contributed by atoms with Crippen LogP contribution in [0.15, 0.2) is 29.6 Å². The van der Waals surface area contributed by atoms with Gasteiger partial charge in [0.15, 0.2) is 0 Å². The third-order valence-electron chi connectivity index (χ3n) is 5.28. The van der Waals surface area contributed by atoms with E-state index in [1.165, 1.54) is 10.1 Å². The molecule has 96 valence electrons. The molecule has 18 heavy (non-hydrogen) atoms. The van der Waals surface area contributed by atoms with E-state index in [1.807, 2.05) is 0 Å². The first-order valence-corrected chi connectivity index (χ1v) is 7.39. The molecule has 2 aromatic rings. The first-order chi connectivity index (χ1) is 8.37. The van der Waals surface area contributed by atoms with Gasteiger partial charge in [0.25, 0.3) is 0 Å². The predicted molar refractivity (Wildman–Crippen MR) is 77.8 cm³/mol. The second kappa shape index (κ2) is 3.58. The lowest BCUT2D eigenvalue weighted by atomic mass is 9.98. The molecule has 1 N–H and O–H groups in total. The molecule has 0 bridgehead atoms. The molecule has 1 nitrogen and oxygen atoms in total. The van der Waals surface area contributed by atoms with Crippen LogP contribution in [0.2, 0.25) is 0 Å². The Balaban J connectivity index is 2.04. The molecule has 1 aromatic carbocycles. The van der Waals surface area contributed by atoms with E-state index in [1.54, 1.807) is 11.3 Å². The van der Waals surface area contributed by atoms with Crippen LogP contribution in [0.5, 0.6) is 0 Å². The van der Waals surface area contributed by atoms with Gasteiger partial charge in [-0.15, -0.1) is 11.3 Å². The molecule has 1 atom stereocenters. The highest BCUT2D eigenvalue weighted by atomic mass is 32.1. The smallest absolute Gasteiger partial charge is 0.0842 e. The maximum absolute atomic E-state index is 10.8. The average molecular weight is 260 g/mol. The highest BCUT2D eigenvalue weighted by molar-refractivity contribution is 7.17. The van der Waals surface area contributed by atoms with Crippen molar-refractivity contribution in [3.05, 3.63) is 35.2 Å². The Kier molecular flexibility index (Phi) is 2.43. The summed E-state index contributed by atoms with van der Waals surface area (Å²) in [6.07, 6.45) is -0.350. The summed E-state index contributed by atoms with van der Waals surface area (Å²) in [7, 11) is 0. The third kappa shape index (κ3) is 1.42. The molecular weight excluding hydrogens is 240 g/mol. The summed E-state index contributed by atoms with van der Waals surface area (Å²) < 4.78 is 1.24. The van der Waals surface area contributed by atoms with Crippen molar-refractivity contribution < 1.29 is 5.11 Å². The van der Waals surface area contributed by atoms with E-state index >= 15 is 0 Å². The Hall–Kier alpha value is -0.860. The largest absolute Gasteiger partial charge is 0.388 e. The van der Waals surface area contributed by atoms with Gasteiger partial charge in [-0.25, -0.2) is 0 Å². The van der Waals surface area contributed by atoms with Crippen LogP contribution in [-0.4, -0.2) is 5.11 Å². The summed E-state index contributed by atoms with van der Waals surface area (Å²) in [6.45, 7) is 9.04. The van der Waals surface area contributed by atoms with Crippen molar-refractivity contribution in [3.63, 3.8) is 0 Å². The summed E-state index contributed by atoms with van der Waals surface area (Å²) in [5, 5.41) is 14.1. The van der Waals surface area contributed by atoms with Crippen molar-refractivity contribution in [3.8, 4) is 0 Å². The van der Waals surface area contributed by atoms with Crippen LogP contribution in [0.1, 0.15) is 39.4 Å². The summed E-state index contributed by atoms with van der Waals surface area (Å²) in [5.74, 6) is 0.345. The van der Waals surface area contributed by atoms with Gasteiger partial charge in [0.1, 0.15) is 0 Å². The van der Waals surface area contributed by atoms with E-state index < -0.39 is 0 Å². The second-order valence-electron chi connectivity index (χ2n) is 6.55. The molecule has 0 saturated heterocycles. The zero-order valence-electron chi connectivity index (χ0n) is 11.4. The molecule has 1 aliphatic rings. The van der Waals surface area contributed by atoms with Gasteiger partial charge in [-0.1, -0.05) is 45.9 Å². The third-order valence-corrected chi connectivity index (χ3v) is 6.26. The first-order valence-electron chi connectivity index (χ1n) is 6.51. The van der Waals surface area contributed by atoms with Crippen LogP contribution in [-0.2, 0) is 0 Å². The number of aliphatic hydroxyl groups excluding tert-OH is 1. The fraction of sp³-hybridized carbons (Fsp3) is 0.500. The van der Waals surface area contributed by atoms with Gasteiger partial charge in [0.2, 0.25) is 0 Å². The van der Waals surface area contributed by atoms with Gasteiger partial charge < -0.3 is 5.11 Å². The lowest BCUT2D eigenvalue weighted by molar-refractivity contribution is 0.132. The molecule has 3 rings (SSSR count). The molecule has 0 aliphatic heterocycles. The maximum Gasteiger partial charge on any atom is 0.0842 e. The highest BCUT2D eigenvalue weighted by Crippen LogP contribution is 2.72. The van der Waals surface area contributed by atoms with Gasteiger partial charge in [0, 0.05) is 10.6 Å². The molecule has 1 aliphatic carbocycles. The lowest BCUT2D eigenvalue weighted by Crippen LogP contribution is -2.05. The number of benzene rings is 1. The van der Waals surface area contributed by atoms with E-state index in [-0.39, 0.29) is 16.9 Å². The fourth-order valence-electron chi connectivity index (χ4n) is 3.47. The Morgan fingerprint density at radius 3 is 2.39 bits per heavy atom. The molecule has 2 heteroatoms. The quantitative estimate of drug-likeness (QED) is 0.835. The fourth-order valence-corrected chi connectivity index (χ4v) is 4.41. The SMILES string of the molecule is CC1(C)C(C(O)c2cccc3ccsc23)C1(C)C. The van der Waals surface area contributed by atoms with Gasteiger partial charge in [-0.2, -0.15) is 0 Å². The zero-order chi connectivity index (χ0) is 13.1. The van der Waals surface area contributed by atoms with Crippen molar-refractivity contribution in [1.82, 2.24) is 0 Å². The van der Waals surface area contributed by atoms with E-state index in [4.69, 9.17) is 0 Å². The Morgan fingerprint density at radius 1 is 1.11 bits per heavy atom. The maximum atomic E-state index is 10.8. The van der Waals surface area contributed by atoms with Crippen LogP contribution < -0.4 is 0 Å². The molecule has 1 fully saturated rings. The minimum Gasteiger partial charge on any atom is -0.388 e. The van der Waals surface area contributed by atoms with Crippen LogP contribution in [0, 0.1) is 16.7 Å². The number of rotatable bonds is 2. The van der Waals surface area contributed by atoms with Crippen LogP contribution in [0.4, 0.5) is 0 Å². The van der Waals surface area contributed by atoms with Crippen LogP contribution in [0.3, 0.4) is 0 Å². The number of aliphatic hydroxyl groups is 1. The normalized spacial score (nSPS) is 23.2. The molecule has 1 unspecified atom stereocenters. The van der Waals surface area contributed by atoms with E-state index in [0.29, 0.717) is 5.92 Å². The van der Waals surface area contributed by atoms with Crippen LogP contribution in [0.25, 0.3) is 10.1 Å². The molecule has 0 spiro atoms. The van der Waals surface area contributed by atoms with Crippen LogP contribution >= 0.6 is 11.3 Å². The first kappa shape index (κ1) is 12.2. The zero-order valence-corrected chi connectivity index (χ0v) is 12.2. The molecule has 1 aromatic heterocycles. The molecular formula is C16H20OS. The van der Waals surface area contributed by atoms with Gasteiger partial charge in [0.05, 0.1) is 6.10 Å². The number of hydrogen-bond donors (Lipinski definition) is 1. The topological polar surface area (TPSA) is 20.2 Å². The Labute approximate surface area is 112 Å². The summed E-state index contributed by atoms with van der Waals surface area (Å²) in [6, 6.07) is 8.37. The Bertz CT molecular complexity index is 580. The average Bonchev–Trinajstić information content (AvgIpc) is 2.69. The highest BCUT2D eigenvalue weighted by Gasteiger charge is 2.67. The minimum atomic E-state index is -0.350. The molecule has 0 amide bonds. The van der Waals surface area contributed by atoms with Gasteiger partial charge >= 0.3 is 0 Å². The van der Waals surface area contributed by atoms with Crippen molar-refractivity contribution in [2.24, 2.45) is 16.7 Å². The van der Waals surface area contributed by atoms with Crippen molar-refractivity contribution in [1.29, 1.82) is 0 Å². The second-order valence-corrected chi connectivity index (χ2v) is 7.47. The monoisotopic (exact) mass is 260 g/mol.